The maximum Gasteiger partial charge on any atom is 0.338 e. The quantitative estimate of drug-likeness (QED) is 0.684. The Balaban J connectivity index is 1.54. The Morgan fingerprint density at radius 1 is 1.04 bits per heavy atom. The van der Waals surface area contributed by atoms with Gasteiger partial charge < -0.3 is 9.64 Å². The van der Waals surface area contributed by atoms with Gasteiger partial charge in [0.1, 0.15) is 10.7 Å². The summed E-state index contributed by atoms with van der Waals surface area (Å²) in [5.74, 6) is -1.88. The monoisotopic (exact) mass is 407 g/mol. The highest BCUT2D eigenvalue weighted by atomic mass is 32.2. The minimum atomic E-state index is -3.97. The van der Waals surface area contributed by atoms with Crippen LogP contribution in [0.25, 0.3) is 0 Å². The standard InChI is InChI=1S/C18H18FN3O5S/c19-15-3-1-2-4-16(15)28(25,26)22-11-9-21(10-12-22)17(23)13-27-18(24)14-5-7-20-8-6-14/h1-8H,9-13H2. The van der Waals surface area contributed by atoms with E-state index in [1.165, 1.54) is 47.6 Å². The van der Waals surface area contributed by atoms with E-state index >= 15 is 0 Å². The van der Waals surface area contributed by atoms with Gasteiger partial charge >= 0.3 is 5.97 Å². The smallest absolute Gasteiger partial charge is 0.338 e. The molecule has 1 saturated heterocycles. The van der Waals surface area contributed by atoms with Gasteiger partial charge in [-0.1, -0.05) is 12.1 Å². The van der Waals surface area contributed by atoms with Gasteiger partial charge in [-0.05, 0) is 24.3 Å². The van der Waals surface area contributed by atoms with Crippen molar-refractivity contribution in [2.45, 2.75) is 4.90 Å². The van der Waals surface area contributed by atoms with E-state index in [4.69, 9.17) is 4.74 Å². The predicted molar refractivity (Wildman–Crippen MR) is 96.3 cm³/mol. The fraction of sp³-hybridized carbons (Fsp3) is 0.278. The molecule has 1 aliphatic heterocycles. The van der Waals surface area contributed by atoms with Gasteiger partial charge in [0.05, 0.1) is 5.56 Å². The number of hydrogen-bond acceptors (Lipinski definition) is 6. The number of piperazine rings is 1. The summed E-state index contributed by atoms with van der Waals surface area (Å²) in [6.45, 7) is -0.138. The third kappa shape index (κ3) is 4.34. The van der Waals surface area contributed by atoms with Gasteiger partial charge in [0.2, 0.25) is 10.0 Å². The number of rotatable bonds is 5. The lowest BCUT2D eigenvalue weighted by atomic mass is 10.3. The number of hydrogen-bond donors (Lipinski definition) is 0. The van der Waals surface area contributed by atoms with Crippen molar-refractivity contribution in [2.24, 2.45) is 0 Å². The van der Waals surface area contributed by atoms with E-state index in [1.54, 1.807) is 0 Å². The van der Waals surface area contributed by atoms with E-state index in [-0.39, 0.29) is 36.6 Å². The molecule has 28 heavy (non-hydrogen) atoms. The Bertz CT molecular complexity index is 960. The first kappa shape index (κ1) is 19.9. The van der Waals surface area contributed by atoms with E-state index < -0.39 is 34.3 Å². The first-order chi connectivity index (χ1) is 13.4. The van der Waals surface area contributed by atoms with E-state index in [1.807, 2.05) is 0 Å². The Morgan fingerprint density at radius 2 is 1.68 bits per heavy atom. The number of aromatic nitrogens is 1. The SMILES string of the molecule is O=C(OCC(=O)N1CCN(S(=O)(=O)c2ccccc2F)CC1)c1ccncc1. The summed E-state index contributed by atoms with van der Waals surface area (Å²) in [4.78, 5) is 28.9. The molecule has 0 bridgehead atoms. The average molecular weight is 407 g/mol. The summed E-state index contributed by atoms with van der Waals surface area (Å²) in [7, 11) is -3.97. The van der Waals surface area contributed by atoms with Crippen LogP contribution in [-0.2, 0) is 19.6 Å². The molecule has 1 fully saturated rings. The number of ether oxygens (including phenoxy) is 1. The number of sulfonamides is 1. The number of nitrogens with zero attached hydrogens (tertiary/aromatic N) is 3. The highest BCUT2D eigenvalue weighted by Gasteiger charge is 2.31. The fourth-order valence-electron chi connectivity index (χ4n) is 2.76. The van der Waals surface area contributed by atoms with Gasteiger partial charge in [-0.15, -0.1) is 0 Å². The number of amides is 1. The molecule has 0 saturated carbocycles. The summed E-state index contributed by atoms with van der Waals surface area (Å²) in [5, 5.41) is 0. The molecular weight excluding hydrogens is 389 g/mol. The van der Waals surface area contributed by atoms with Crippen LogP contribution in [0.4, 0.5) is 4.39 Å². The summed E-state index contributed by atoms with van der Waals surface area (Å²) in [6.07, 6.45) is 2.88. The largest absolute Gasteiger partial charge is 0.452 e. The van der Waals surface area contributed by atoms with Crippen molar-refractivity contribution in [1.82, 2.24) is 14.2 Å². The molecule has 0 radical (unpaired) electrons. The molecule has 3 rings (SSSR count). The lowest BCUT2D eigenvalue weighted by Crippen LogP contribution is -2.51. The number of carbonyl (C=O) groups excluding carboxylic acids is 2. The Morgan fingerprint density at radius 3 is 2.32 bits per heavy atom. The normalized spacial score (nSPS) is 15.2. The molecule has 10 heteroatoms. The van der Waals surface area contributed by atoms with Crippen LogP contribution in [0.1, 0.15) is 10.4 Å². The molecule has 1 aromatic heterocycles. The van der Waals surface area contributed by atoms with Crippen molar-refractivity contribution >= 4 is 21.9 Å². The van der Waals surface area contributed by atoms with E-state index in [0.717, 1.165) is 10.4 Å². The van der Waals surface area contributed by atoms with Crippen molar-refractivity contribution < 1.29 is 27.1 Å². The van der Waals surface area contributed by atoms with E-state index in [0.29, 0.717) is 0 Å². The zero-order valence-corrected chi connectivity index (χ0v) is 15.6. The predicted octanol–water partition coefficient (Wildman–Crippen LogP) is 0.911. The first-order valence-corrected chi connectivity index (χ1v) is 9.93. The van der Waals surface area contributed by atoms with Crippen LogP contribution in [0.2, 0.25) is 0 Å². The summed E-state index contributed by atoms with van der Waals surface area (Å²) in [5.41, 5.74) is 0.281. The molecule has 0 unspecified atom stereocenters. The number of halogens is 1. The first-order valence-electron chi connectivity index (χ1n) is 8.49. The molecule has 2 heterocycles. The second kappa shape index (κ2) is 8.44. The topological polar surface area (TPSA) is 96.9 Å². The molecule has 0 atom stereocenters. The lowest BCUT2D eigenvalue weighted by molar-refractivity contribution is -0.135. The molecule has 1 amide bonds. The molecule has 1 aromatic carbocycles. The molecular formula is C18H18FN3O5S. The third-order valence-electron chi connectivity index (χ3n) is 4.29. The lowest BCUT2D eigenvalue weighted by Gasteiger charge is -2.33. The van der Waals surface area contributed by atoms with Crippen LogP contribution < -0.4 is 0 Å². The van der Waals surface area contributed by atoms with Crippen molar-refractivity contribution in [3.63, 3.8) is 0 Å². The summed E-state index contributed by atoms with van der Waals surface area (Å²) in [6, 6.07) is 8.11. The number of carbonyl (C=O) groups is 2. The van der Waals surface area contributed by atoms with E-state index in [2.05, 4.69) is 4.98 Å². The molecule has 8 nitrogen and oxygen atoms in total. The van der Waals surface area contributed by atoms with Crippen LogP contribution in [0.3, 0.4) is 0 Å². The van der Waals surface area contributed by atoms with E-state index in [9.17, 15) is 22.4 Å². The van der Waals surface area contributed by atoms with Crippen LogP contribution in [-0.4, -0.2) is 67.3 Å². The van der Waals surface area contributed by atoms with Crippen LogP contribution in [0, 0.1) is 5.82 Å². The van der Waals surface area contributed by atoms with Crippen LogP contribution in [0.5, 0.6) is 0 Å². The van der Waals surface area contributed by atoms with Crippen molar-refractivity contribution in [3.8, 4) is 0 Å². The zero-order valence-electron chi connectivity index (χ0n) is 14.8. The average Bonchev–Trinajstić information content (AvgIpc) is 2.72. The van der Waals surface area contributed by atoms with Crippen LogP contribution >= 0.6 is 0 Å². The molecule has 1 aliphatic rings. The van der Waals surface area contributed by atoms with Crippen molar-refractivity contribution in [2.75, 3.05) is 32.8 Å². The maximum absolute atomic E-state index is 13.8. The minimum absolute atomic E-state index is 0.0285. The fourth-order valence-corrected chi connectivity index (χ4v) is 4.25. The minimum Gasteiger partial charge on any atom is -0.452 e. The van der Waals surface area contributed by atoms with Gasteiger partial charge in [0.25, 0.3) is 5.91 Å². The Labute approximate surface area is 161 Å². The second-order valence-corrected chi connectivity index (χ2v) is 7.93. The molecule has 2 aromatic rings. The molecule has 148 valence electrons. The third-order valence-corrected chi connectivity index (χ3v) is 6.22. The van der Waals surface area contributed by atoms with Gasteiger partial charge in [-0.3, -0.25) is 9.78 Å². The maximum atomic E-state index is 13.8. The van der Waals surface area contributed by atoms with Gasteiger partial charge in [-0.2, -0.15) is 4.31 Å². The van der Waals surface area contributed by atoms with Crippen molar-refractivity contribution in [3.05, 3.63) is 60.2 Å². The highest BCUT2D eigenvalue weighted by Crippen LogP contribution is 2.20. The summed E-state index contributed by atoms with van der Waals surface area (Å²) < 4.78 is 45.1. The highest BCUT2D eigenvalue weighted by molar-refractivity contribution is 7.89. The number of benzene rings is 1. The number of esters is 1. The molecule has 0 spiro atoms. The second-order valence-electron chi connectivity index (χ2n) is 6.03. The van der Waals surface area contributed by atoms with Crippen LogP contribution in [0.15, 0.2) is 53.7 Å². The van der Waals surface area contributed by atoms with Gasteiger partial charge in [-0.25, -0.2) is 17.6 Å². The zero-order chi connectivity index (χ0) is 20.1. The number of pyridine rings is 1. The Kier molecular flexibility index (Phi) is 6.00. The Hall–Kier alpha value is -2.85. The van der Waals surface area contributed by atoms with Gasteiger partial charge in [0.15, 0.2) is 6.61 Å². The summed E-state index contributed by atoms with van der Waals surface area (Å²) >= 11 is 0. The van der Waals surface area contributed by atoms with Crippen molar-refractivity contribution in [1.29, 1.82) is 0 Å². The van der Waals surface area contributed by atoms with Gasteiger partial charge in [0, 0.05) is 38.6 Å². The molecule has 0 N–H and O–H groups in total. The molecule has 0 aliphatic carbocycles.